The molecule has 1 nitrogen and oxygen atoms in total. The Balaban J connectivity index is 3.16. The van der Waals surface area contributed by atoms with Crippen LogP contribution in [0.4, 0.5) is 0 Å². The zero-order valence-corrected chi connectivity index (χ0v) is 7.96. The number of aromatic nitrogens is 1. The summed E-state index contributed by atoms with van der Waals surface area (Å²) in [4.78, 5) is 3.16. The second kappa shape index (κ2) is 2.78. The van der Waals surface area contributed by atoms with Gasteiger partial charge >= 0.3 is 0 Å². The summed E-state index contributed by atoms with van der Waals surface area (Å²) < 4.78 is 0.803. The van der Waals surface area contributed by atoms with E-state index in [1.807, 2.05) is 12.1 Å². The Morgan fingerprint density at radius 3 is 2.27 bits per heavy atom. The van der Waals surface area contributed by atoms with Gasteiger partial charge in [0.2, 0.25) is 0 Å². The first-order valence-electron chi connectivity index (χ1n) is 3.70. The van der Waals surface area contributed by atoms with E-state index in [2.05, 4.69) is 31.8 Å². The van der Waals surface area contributed by atoms with Crippen molar-refractivity contribution in [3.8, 4) is 0 Å². The molecule has 0 saturated heterocycles. The fourth-order valence-electron chi connectivity index (χ4n) is 0.885. The normalized spacial score (nSPS) is 11.5. The highest BCUT2D eigenvalue weighted by Crippen LogP contribution is 2.18. The third-order valence-corrected chi connectivity index (χ3v) is 1.81. The highest BCUT2D eigenvalue weighted by molar-refractivity contribution is 7.71. The minimum Gasteiger partial charge on any atom is -0.350 e. The lowest BCUT2D eigenvalue weighted by Crippen LogP contribution is -2.12. The van der Waals surface area contributed by atoms with Crippen molar-refractivity contribution in [2.45, 2.75) is 26.2 Å². The summed E-state index contributed by atoms with van der Waals surface area (Å²) in [6.45, 7) is 6.48. The molecule has 0 saturated carbocycles. The van der Waals surface area contributed by atoms with Crippen LogP contribution in [0.5, 0.6) is 0 Å². The maximum atomic E-state index is 5.01. The van der Waals surface area contributed by atoms with Crippen molar-refractivity contribution in [3.63, 3.8) is 0 Å². The van der Waals surface area contributed by atoms with Gasteiger partial charge in [-0.1, -0.05) is 39.1 Å². The summed E-state index contributed by atoms with van der Waals surface area (Å²) in [5.41, 5.74) is 1.35. The summed E-state index contributed by atoms with van der Waals surface area (Å²) in [6.07, 6.45) is 0. The lowest BCUT2D eigenvalue weighted by atomic mass is 9.92. The van der Waals surface area contributed by atoms with Crippen LogP contribution in [0.3, 0.4) is 0 Å². The molecule has 1 rings (SSSR count). The summed E-state index contributed by atoms with van der Waals surface area (Å²) in [5, 5.41) is 0. The maximum Gasteiger partial charge on any atom is 0.103 e. The number of pyridine rings is 1. The van der Waals surface area contributed by atoms with Gasteiger partial charge in [-0.15, -0.1) is 0 Å². The van der Waals surface area contributed by atoms with E-state index < -0.39 is 0 Å². The molecule has 0 aliphatic rings. The average molecular weight is 167 g/mol. The fraction of sp³-hybridized carbons (Fsp3) is 0.444. The second-order valence-corrected chi connectivity index (χ2v) is 4.12. The summed E-state index contributed by atoms with van der Waals surface area (Å²) >= 11 is 5.01. The molecule has 0 atom stereocenters. The van der Waals surface area contributed by atoms with Crippen LogP contribution in [0, 0.1) is 4.64 Å². The van der Waals surface area contributed by atoms with Gasteiger partial charge < -0.3 is 4.98 Å². The van der Waals surface area contributed by atoms with Crippen molar-refractivity contribution in [2.75, 3.05) is 0 Å². The minimum atomic E-state index is 0.162. The van der Waals surface area contributed by atoms with Crippen LogP contribution in [-0.4, -0.2) is 4.98 Å². The number of nitrogens with one attached hydrogen (secondary N) is 1. The standard InChI is InChI=1S/C9H13NS/c1-9(2,3)7-5-4-6-8(11)10-7/h4-6H,1-3H3,(H,10,11). The lowest BCUT2D eigenvalue weighted by Gasteiger charge is -2.17. The Kier molecular flexibility index (Phi) is 2.14. The van der Waals surface area contributed by atoms with E-state index >= 15 is 0 Å². The zero-order valence-electron chi connectivity index (χ0n) is 7.14. The smallest absolute Gasteiger partial charge is 0.103 e. The van der Waals surface area contributed by atoms with Crippen LogP contribution in [0.25, 0.3) is 0 Å². The molecule has 0 spiro atoms. The molecule has 2 heteroatoms. The summed E-state index contributed by atoms with van der Waals surface area (Å²) in [6, 6.07) is 5.94. The van der Waals surface area contributed by atoms with Crippen molar-refractivity contribution in [2.24, 2.45) is 0 Å². The average Bonchev–Trinajstić information content (AvgIpc) is 1.86. The Bertz CT molecular complexity index is 293. The summed E-state index contributed by atoms with van der Waals surface area (Å²) in [7, 11) is 0. The molecular weight excluding hydrogens is 154 g/mol. The molecule has 0 radical (unpaired) electrons. The van der Waals surface area contributed by atoms with E-state index in [0.717, 1.165) is 4.64 Å². The SMILES string of the molecule is CC(C)(C)c1cccc(=S)[nH]1. The molecule has 0 aliphatic carbocycles. The lowest BCUT2D eigenvalue weighted by molar-refractivity contribution is 0.568. The molecule has 1 aromatic rings. The van der Waals surface area contributed by atoms with Crippen LogP contribution in [-0.2, 0) is 5.41 Å². The van der Waals surface area contributed by atoms with Gasteiger partial charge in [-0.2, -0.15) is 0 Å². The fourth-order valence-corrected chi connectivity index (χ4v) is 1.07. The molecule has 0 unspecified atom stereocenters. The van der Waals surface area contributed by atoms with Gasteiger partial charge in [-0.05, 0) is 12.1 Å². The number of aromatic amines is 1. The zero-order chi connectivity index (χ0) is 8.48. The Morgan fingerprint density at radius 2 is 1.91 bits per heavy atom. The summed E-state index contributed by atoms with van der Waals surface area (Å²) in [5.74, 6) is 0. The van der Waals surface area contributed by atoms with Gasteiger partial charge in [0.1, 0.15) is 4.64 Å². The Hall–Kier alpha value is -0.630. The largest absolute Gasteiger partial charge is 0.350 e. The molecule has 11 heavy (non-hydrogen) atoms. The minimum absolute atomic E-state index is 0.162. The van der Waals surface area contributed by atoms with Gasteiger partial charge in [0, 0.05) is 11.1 Å². The monoisotopic (exact) mass is 167 g/mol. The van der Waals surface area contributed by atoms with Gasteiger partial charge in [0.25, 0.3) is 0 Å². The van der Waals surface area contributed by atoms with E-state index in [-0.39, 0.29) is 5.41 Å². The molecule has 60 valence electrons. The van der Waals surface area contributed by atoms with Crippen LogP contribution >= 0.6 is 12.2 Å². The first-order chi connectivity index (χ1) is 5.00. The molecule has 0 amide bonds. The predicted molar refractivity (Wildman–Crippen MR) is 50.3 cm³/mol. The van der Waals surface area contributed by atoms with Crippen molar-refractivity contribution in [1.82, 2.24) is 4.98 Å². The first kappa shape index (κ1) is 8.47. The van der Waals surface area contributed by atoms with E-state index in [9.17, 15) is 0 Å². The molecule has 1 N–H and O–H groups in total. The quantitative estimate of drug-likeness (QED) is 0.587. The van der Waals surface area contributed by atoms with Crippen LogP contribution in [0.15, 0.2) is 18.2 Å². The number of hydrogen-bond donors (Lipinski definition) is 1. The number of H-pyrrole nitrogens is 1. The maximum absolute atomic E-state index is 5.01. The van der Waals surface area contributed by atoms with Gasteiger partial charge in [0.15, 0.2) is 0 Å². The van der Waals surface area contributed by atoms with E-state index in [1.165, 1.54) is 5.69 Å². The van der Waals surface area contributed by atoms with Gasteiger partial charge in [-0.3, -0.25) is 0 Å². The van der Waals surface area contributed by atoms with Crippen molar-refractivity contribution in [1.29, 1.82) is 0 Å². The third-order valence-electron chi connectivity index (χ3n) is 1.58. The Labute approximate surface area is 72.5 Å². The van der Waals surface area contributed by atoms with Gasteiger partial charge in [-0.25, -0.2) is 0 Å². The molecule has 0 bridgehead atoms. The topological polar surface area (TPSA) is 15.8 Å². The Morgan fingerprint density at radius 1 is 1.27 bits per heavy atom. The highest BCUT2D eigenvalue weighted by Gasteiger charge is 2.12. The van der Waals surface area contributed by atoms with Crippen LogP contribution < -0.4 is 0 Å². The van der Waals surface area contributed by atoms with Crippen LogP contribution in [0.2, 0.25) is 0 Å². The molecule has 0 aliphatic heterocycles. The van der Waals surface area contributed by atoms with E-state index in [1.54, 1.807) is 0 Å². The molecule has 1 heterocycles. The van der Waals surface area contributed by atoms with E-state index in [0.29, 0.717) is 0 Å². The van der Waals surface area contributed by atoms with E-state index in [4.69, 9.17) is 12.2 Å². The third kappa shape index (κ3) is 2.15. The molecule has 1 aromatic heterocycles. The number of rotatable bonds is 0. The predicted octanol–water partition coefficient (Wildman–Crippen LogP) is 3.04. The first-order valence-corrected chi connectivity index (χ1v) is 4.11. The molecule has 0 fully saturated rings. The van der Waals surface area contributed by atoms with Crippen molar-refractivity contribution < 1.29 is 0 Å². The highest BCUT2D eigenvalue weighted by atomic mass is 32.1. The molecule has 0 aromatic carbocycles. The molecular formula is C9H13NS. The van der Waals surface area contributed by atoms with Crippen molar-refractivity contribution in [3.05, 3.63) is 28.5 Å². The van der Waals surface area contributed by atoms with Crippen molar-refractivity contribution >= 4 is 12.2 Å². The van der Waals surface area contributed by atoms with Crippen LogP contribution in [0.1, 0.15) is 26.5 Å². The number of hydrogen-bond acceptors (Lipinski definition) is 1. The van der Waals surface area contributed by atoms with Gasteiger partial charge in [0.05, 0.1) is 0 Å². The second-order valence-electron chi connectivity index (χ2n) is 3.68.